The maximum atomic E-state index is 13.3. The summed E-state index contributed by atoms with van der Waals surface area (Å²) in [5.41, 5.74) is 2.27. The molecule has 3 heterocycles. The zero-order valence-electron chi connectivity index (χ0n) is 17.6. The fourth-order valence-electron chi connectivity index (χ4n) is 4.20. The Balaban J connectivity index is 1.40. The highest BCUT2D eigenvalue weighted by atomic mass is 19.4. The third-order valence-corrected chi connectivity index (χ3v) is 6.02. The van der Waals surface area contributed by atoms with Gasteiger partial charge in [0, 0.05) is 50.3 Å². The molecule has 4 rings (SSSR count). The van der Waals surface area contributed by atoms with Crippen molar-refractivity contribution in [2.45, 2.75) is 31.9 Å². The first-order chi connectivity index (χ1) is 14.6. The number of hydrogen-bond donors (Lipinski definition) is 2. The number of hydrogen-bond acceptors (Lipinski definition) is 4. The molecular weight excluding hydrogens is 407 g/mol. The van der Waals surface area contributed by atoms with Gasteiger partial charge < -0.3 is 20.4 Å². The van der Waals surface area contributed by atoms with E-state index in [1.54, 1.807) is 9.80 Å². The lowest BCUT2D eigenvalue weighted by Gasteiger charge is -2.36. The van der Waals surface area contributed by atoms with E-state index in [2.05, 4.69) is 29.5 Å². The normalized spacial score (nSPS) is 18.2. The molecule has 31 heavy (non-hydrogen) atoms. The van der Waals surface area contributed by atoms with Crippen LogP contribution in [0.5, 0.6) is 0 Å². The van der Waals surface area contributed by atoms with Gasteiger partial charge in [0.05, 0.1) is 5.56 Å². The molecule has 166 valence electrons. The first-order valence-corrected chi connectivity index (χ1v) is 10.4. The molecule has 2 amide bonds. The largest absolute Gasteiger partial charge is 0.419 e. The fourth-order valence-corrected chi connectivity index (χ4v) is 4.20. The second-order valence-corrected chi connectivity index (χ2v) is 8.60. The molecule has 0 unspecified atom stereocenters. The lowest BCUT2D eigenvalue weighted by Crippen LogP contribution is -2.50. The number of anilines is 3. The van der Waals surface area contributed by atoms with E-state index in [-0.39, 0.29) is 30.4 Å². The minimum atomic E-state index is -4.47. The van der Waals surface area contributed by atoms with Gasteiger partial charge in [0.1, 0.15) is 5.82 Å². The predicted octanol–water partition coefficient (Wildman–Crippen LogP) is 4.55. The van der Waals surface area contributed by atoms with Gasteiger partial charge in [-0.1, -0.05) is 19.9 Å². The Morgan fingerprint density at radius 3 is 2.61 bits per heavy atom. The number of carbonyl (C=O) groups excluding carboxylic acids is 1. The van der Waals surface area contributed by atoms with Gasteiger partial charge in [-0.15, -0.1) is 0 Å². The van der Waals surface area contributed by atoms with Gasteiger partial charge in [-0.05, 0) is 41.7 Å². The number of urea groups is 1. The molecule has 1 saturated heterocycles. The maximum absolute atomic E-state index is 13.3. The summed E-state index contributed by atoms with van der Waals surface area (Å²) in [5.74, 6) is -0.0848. The maximum Gasteiger partial charge on any atom is 0.419 e. The number of rotatable bonds is 2. The van der Waals surface area contributed by atoms with Crippen LogP contribution in [0.2, 0.25) is 0 Å². The lowest BCUT2D eigenvalue weighted by molar-refractivity contribution is -0.137. The molecule has 0 atom stereocenters. The van der Waals surface area contributed by atoms with Crippen molar-refractivity contribution in [2.75, 3.05) is 48.3 Å². The number of benzene rings is 1. The summed E-state index contributed by atoms with van der Waals surface area (Å²) in [6.45, 7) is 6.49. The topological polar surface area (TPSA) is 60.5 Å². The van der Waals surface area contributed by atoms with Crippen LogP contribution in [-0.2, 0) is 11.6 Å². The molecule has 2 aliphatic heterocycles. The molecule has 1 aromatic carbocycles. The summed E-state index contributed by atoms with van der Waals surface area (Å²) in [5, 5.41) is 6.29. The first-order valence-electron chi connectivity index (χ1n) is 10.4. The molecule has 0 radical (unpaired) electrons. The van der Waals surface area contributed by atoms with E-state index in [0.29, 0.717) is 18.8 Å². The SMILES string of the molecule is CC1(C)CCNc2cc(NC(=O)N3CCN(c4ncccc4C(F)(F)F)CC3)ccc21. The Kier molecular flexibility index (Phi) is 5.45. The van der Waals surface area contributed by atoms with Crippen LogP contribution in [0.3, 0.4) is 0 Å². The quantitative estimate of drug-likeness (QED) is 0.730. The average Bonchev–Trinajstić information content (AvgIpc) is 2.73. The molecule has 6 nitrogen and oxygen atoms in total. The van der Waals surface area contributed by atoms with Gasteiger partial charge in [0.2, 0.25) is 0 Å². The monoisotopic (exact) mass is 433 g/mol. The zero-order chi connectivity index (χ0) is 22.2. The Morgan fingerprint density at radius 1 is 1.16 bits per heavy atom. The fraction of sp³-hybridized carbons (Fsp3) is 0.455. The van der Waals surface area contributed by atoms with E-state index in [0.717, 1.165) is 24.7 Å². The Bertz CT molecular complexity index is 968. The molecule has 2 N–H and O–H groups in total. The number of aromatic nitrogens is 1. The number of halogens is 3. The van der Waals surface area contributed by atoms with E-state index >= 15 is 0 Å². The number of alkyl halides is 3. The first kappa shape index (κ1) is 21.3. The lowest BCUT2D eigenvalue weighted by atomic mass is 9.78. The highest BCUT2D eigenvalue weighted by Crippen LogP contribution is 2.38. The predicted molar refractivity (Wildman–Crippen MR) is 115 cm³/mol. The number of fused-ring (bicyclic) bond motifs is 1. The Morgan fingerprint density at radius 2 is 1.90 bits per heavy atom. The third-order valence-electron chi connectivity index (χ3n) is 6.02. The Labute approximate surface area is 179 Å². The Hall–Kier alpha value is -2.97. The molecule has 0 saturated carbocycles. The summed E-state index contributed by atoms with van der Waals surface area (Å²) in [7, 11) is 0. The van der Waals surface area contributed by atoms with Crippen LogP contribution in [0, 0.1) is 0 Å². The highest BCUT2D eigenvalue weighted by molar-refractivity contribution is 5.90. The number of amides is 2. The van der Waals surface area contributed by atoms with E-state index in [9.17, 15) is 18.0 Å². The van der Waals surface area contributed by atoms with E-state index in [1.165, 1.54) is 17.8 Å². The van der Waals surface area contributed by atoms with Crippen LogP contribution in [0.4, 0.5) is 35.2 Å². The summed E-state index contributed by atoms with van der Waals surface area (Å²) in [6.07, 6.45) is -2.06. The van der Waals surface area contributed by atoms with Gasteiger partial charge in [0.15, 0.2) is 0 Å². The summed E-state index contributed by atoms with van der Waals surface area (Å²) < 4.78 is 39.8. The van der Waals surface area contributed by atoms with Crippen molar-refractivity contribution in [2.24, 2.45) is 0 Å². The second-order valence-electron chi connectivity index (χ2n) is 8.60. The molecule has 9 heteroatoms. The van der Waals surface area contributed by atoms with Crippen LogP contribution in [-0.4, -0.2) is 48.6 Å². The van der Waals surface area contributed by atoms with Crippen molar-refractivity contribution >= 4 is 23.2 Å². The molecule has 0 aliphatic carbocycles. The minimum absolute atomic E-state index is 0.0835. The molecule has 2 aliphatic rings. The van der Waals surface area contributed by atoms with Crippen LogP contribution in [0.1, 0.15) is 31.4 Å². The van der Waals surface area contributed by atoms with Gasteiger partial charge in [-0.25, -0.2) is 9.78 Å². The van der Waals surface area contributed by atoms with Crippen molar-refractivity contribution in [3.05, 3.63) is 47.7 Å². The summed E-state index contributed by atoms with van der Waals surface area (Å²) in [4.78, 5) is 19.8. The third kappa shape index (κ3) is 4.40. The van der Waals surface area contributed by atoms with Crippen LogP contribution in [0.15, 0.2) is 36.5 Å². The van der Waals surface area contributed by atoms with E-state index in [1.807, 2.05) is 18.2 Å². The number of carbonyl (C=O) groups is 1. The van der Waals surface area contributed by atoms with Crippen LogP contribution >= 0.6 is 0 Å². The van der Waals surface area contributed by atoms with Gasteiger partial charge in [-0.3, -0.25) is 0 Å². The highest BCUT2D eigenvalue weighted by Gasteiger charge is 2.36. The van der Waals surface area contributed by atoms with Crippen LogP contribution < -0.4 is 15.5 Å². The molecular formula is C22H26F3N5O. The van der Waals surface area contributed by atoms with Crippen molar-refractivity contribution in [3.63, 3.8) is 0 Å². The van der Waals surface area contributed by atoms with Crippen molar-refractivity contribution < 1.29 is 18.0 Å². The molecule has 1 aromatic heterocycles. The summed E-state index contributed by atoms with van der Waals surface area (Å²) >= 11 is 0. The minimum Gasteiger partial charge on any atom is -0.385 e. The number of piperazine rings is 1. The summed E-state index contributed by atoms with van der Waals surface area (Å²) in [6, 6.07) is 7.93. The zero-order valence-corrected chi connectivity index (χ0v) is 17.6. The van der Waals surface area contributed by atoms with Crippen molar-refractivity contribution in [1.82, 2.24) is 9.88 Å². The molecule has 2 aromatic rings. The standard InChI is InChI=1S/C22H26F3N5O/c1-21(2)7-9-26-18-14-15(5-6-16(18)21)28-20(31)30-12-10-29(11-13-30)19-17(22(23,24)25)4-3-8-27-19/h3-6,8,14,26H,7,9-13H2,1-2H3,(H,28,31). The average molecular weight is 433 g/mol. The number of nitrogens with one attached hydrogen (secondary N) is 2. The smallest absolute Gasteiger partial charge is 0.385 e. The number of pyridine rings is 1. The van der Waals surface area contributed by atoms with Crippen molar-refractivity contribution in [1.29, 1.82) is 0 Å². The number of nitrogens with zero attached hydrogens (tertiary/aromatic N) is 3. The molecule has 1 fully saturated rings. The molecule has 0 spiro atoms. The van der Waals surface area contributed by atoms with Gasteiger partial charge in [-0.2, -0.15) is 13.2 Å². The van der Waals surface area contributed by atoms with Gasteiger partial charge in [0.25, 0.3) is 0 Å². The van der Waals surface area contributed by atoms with E-state index < -0.39 is 11.7 Å². The van der Waals surface area contributed by atoms with Crippen molar-refractivity contribution in [3.8, 4) is 0 Å². The van der Waals surface area contributed by atoms with Crippen LogP contribution in [0.25, 0.3) is 0 Å². The van der Waals surface area contributed by atoms with Gasteiger partial charge >= 0.3 is 12.2 Å². The molecule has 0 bridgehead atoms. The second kappa shape index (κ2) is 7.94. The van der Waals surface area contributed by atoms with E-state index in [4.69, 9.17) is 0 Å².